The van der Waals surface area contributed by atoms with Crippen LogP contribution in [0.4, 0.5) is 0 Å². The van der Waals surface area contributed by atoms with Crippen LogP contribution in [-0.4, -0.2) is 41.1 Å². The lowest BCUT2D eigenvalue weighted by atomic mass is 10.2. The SMILES string of the molecule is Cc1cn([C@H]2CO[C@@H](COP(=O)(N[C@@H](C)C(=O)OCc3ccccc3)Oc3ccccc3Cl)O2)c(=O)[nH]c1=O. The van der Waals surface area contributed by atoms with Gasteiger partial charge < -0.3 is 18.7 Å². The Hall–Kier alpha value is -3.25. The molecule has 1 aliphatic heterocycles. The van der Waals surface area contributed by atoms with Crippen molar-refractivity contribution in [3.05, 3.63) is 97.8 Å². The summed E-state index contributed by atoms with van der Waals surface area (Å²) in [6.45, 7) is 2.59. The summed E-state index contributed by atoms with van der Waals surface area (Å²) in [5, 5.41) is 2.74. The van der Waals surface area contributed by atoms with Crippen LogP contribution in [0.5, 0.6) is 5.75 Å². The van der Waals surface area contributed by atoms with Gasteiger partial charge in [0.2, 0.25) is 0 Å². The Morgan fingerprint density at radius 2 is 1.92 bits per heavy atom. The number of nitrogens with zero attached hydrogens (tertiary/aromatic N) is 1. The van der Waals surface area contributed by atoms with Crippen LogP contribution in [0.3, 0.4) is 0 Å². The van der Waals surface area contributed by atoms with Crippen LogP contribution in [0, 0.1) is 6.92 Å². The third-order valence-electron chi connectivity index (χ3n) is 5.55. The second-order valence-corrected chi connectivity index (χ2v) is 10.7. The summed E-state index contributed by atoms with van der Waals surface area (Å²) in [6, 6.07) is 14.3. The molecule has 2 N–H and O–H groups in total. The van der Waals surface area contributed by atoms with Gasteiger partial charge in [0, 0.05) is 11.8 Å². The number of ether oxygens (including phenoxy) is 3. The van der Waals surface area contributed by atoms with Gasteiger partial charge in [0.15, 0.2) is 12.5 Å². The lowest BCUT2D eigenvalue weighted by Gasteiger charge is -2.24. The standard InChI is InChI=1S/C25H27ClN3O9P/c1-16-12-29(25(32)27-23(16)30)21-14-34-22(37-21)15-36-39(33,38-20-11-7-6-10-19(20)26)28-17(2)24(31)35-13-18-8-4-3-5-9-18/h3-12,17,21-22H,13-15H2,1-2H3,(H,28,33)(H,27,30,32)/t17-,21+,22+,39?/m0/s1. The van der Waals surface area contributed by atoms with E-state index in [1.807, 2.05) is 18.2 Å². The molecule has 0 saturated carbocycles. The summed E-state index contributed by atoms with van der Waals surface area (Å²) in [5.74, 6) is -0.632. The number of aromatic amines is 1. The molecule has 1 fully saturated rings. The first kappa shape index (κ1) is 28.8. The van der Waals surface area contributed by atoms with E-state index in [2.05, 4.69) is 10.1 Å². The minimum atomic E-state index is -4.25. The number of aryl methyl sites for hydroxylation is 1. The van der Waals surface area contributed by atoms with Crippen molar-refractivity contribution in [3.63, 3.8) is 0 Å². The van der Waals surface area contributed by atoms with Gasteiger partial charge in [-0.15, -0.1) is 0 Å². The quantitative estimate of drug-likeness (QED) is 0.256. The number of carbonyl (C=O) groups is 1. The Bertz CT molecular complexity index is 1460. The van der Waals surface area contributed by atoms with E-state index in [0.717, 1.165) is 5.56 Å². The summed E-state index contributed by atoms with van der Waals surface area (Å²) in [4.78, 5) is 38.6. The fraction of sp³-hybridized carbons (Fsp3) is 0.320. The first-order valence-corrected chi connectivity index (χ1v) is 13.8. The number of H-pyrrole nitrogens is 1. The summed E-state index contributed by atoms with van der Waals surface area (Å²) in [6.07, 6.45) is -0.543. The van der Waals surface area contributed by atoms with E-state index in [0.29, 0.717) is 5.56 Å². The van der Waals surface area contributed by atoms with Gasteiger partial charge in [-0.3, -0.25) is 23.7 Å². The molecule has 4 atom stereocenters. The maximum atomic E-state index is 13.7. The molecule has 2 heterocycles. The minimum absolute atomic E-state index is 0.0248. The van der Waals surface area contributed by atoms with Crippen LogP contribution in [-0.2, 0) is 34.7 Å². The van der Waals surface area contributed by atoms with Gasteiger partial charge >= 0.3 is 19.4 Å². The molecule has 1 saturated heterocycles. The van der Waals surface area contributed by atoms with E-state index in [9.17, 15) is 18.9 Å². The zero-order valence-electron chi connectivity index (χ0n) is 21.1. The van der Waals surface area contributed by atoms with Crippen molar-refractivity contribution in [1.29, 1.82) is 0 Å². The molecule has 208 valence electrons. The van der Waals surface area contributed by atoms with Crippen LogP contribution in [0.1, 0.15) is 24.3 Å². The summed E-state index contributed by atoms with van der Waals surface area (Å²) >= 11 is 6.17. The molecule has 39 heavy (non-hydrogen) atoms. The first-order chi connectivity index (χ1) is 18.6. The highest BCUT2D eigenvalue weighted by Crippen LogP contribution is 2.47. The molecule has 3 aromatic rings. The predicted octanol–water partition coefficient (Wildman–Crippen LogP) is 3.30. The predicted molar refractivity (Wildman–Crippen MR) is 140 cm³/mol. The van der Waals surface area contributed by atoms with E-state index < -0.39 is 50.1 Å². The van der Waals surface area contributed by atoms with Crippen molar-refractivity contribution < 1.29 is 32.6 Å². The third kappa shape index (κ3) is 7.66. The monoisotopic (exact) mass is 579 g/mol. The number of carbonyl (C=O) groups excluding carboxylic acids is 1. The fourth-order valence-corrected chi connectivity index (χ4v) is 5.24. The zero-order chi connectivity index (χ0) is 28.0. The zero-order valence-corrected chi connectivity index (χ0v) is 22.7. The van der Waals surface area contributed by atoms with E-state index in [-0.39, 0.29) is 24.0 Å². The number of halogens is 1. The molecule has 0 bridgehead atoms. The van der Waals surface area contributed by atoms with Gasteiger partial charge in [0.05, 0.1) is 11.6 Å². The van der Waals surface area contributed by atoms with E-state index in [4.69, 9.17) is 34.9 Å². The van der Waals surface area contributed by atoms with Crippen LogP contribution in [0.2, 0.25) is 5.02 Å². The molecule has 4 rings (SSSR count). The highest BCUT2D eigenvalue weighted by molar-refractivity contribution is 7.52. The second kappa shape index (κ2) is 12.7. The lowest BCUT2D eigenvalue weighted by Crippen LogP contribution is -2.36. The number of hydrogen-bond donors (Lipinski definition) is 2. The van der Waals surface area contributed by atoms with Crippen LogP contribution in [0.15, 0.2) is 70.4 Å². The Balaban J connectivity index is 1.42. The minimum Gasteiger partial charge on any atom is -0.460 e. The molecule has 0 radical (unpaired) electrons. The molecule has 1 aromatic heterocycles. The Labute approximate surface area is 228 Å². The number of hydrogen-bond acceptors (Lipinski definition) is 9. The molecule has 1 aliphatic rings. The third-order valence-corrected chi connectivity index (χ3v) is 7.50. The van der Waals surface area contributed by atoms with Gasteiger partial charge in [-0.25, -0.2) is 9.36 Å². The first-order valence-electron chi connectivity index (χ1n) is 11.9. The van der Waals surface area contributed by atoms with Crippen molar-refractivity contribution in [2.45, 2.75) is 39.0 Å². The number of aromatic nitrogens is 2. The molecular formula is C25H27ClN3O9P. The number of nitrogens with one attached hydrogen (secondary N) is 2. The van der Waals surface area contributed by atoms with Gasteiger partial charge in [-0.2, -0.15) is 5.09 Å². The van der Waals surface area contributed by atoms with Crippen molar-refractivity contribution in [1.82, 2.24) is 14.6 Å². The summed E-state index contributed by atoms with van der Waals surface area (Å²) < 4.78 is 42.7. The van der Waals surface area contributed by atoms with Gasteiger partial charge in [-0.05, 0) is 31.5 Å². The molecule has 12 nitrogen and oxygen atoms in total. The van der Waals surface area contributed by atoms with Gasteiger partial charge in [0.1, 0.15) is 25.0 Å². The Morgan fingerprint density at radius 1 is 1.21 bits per heavy atom. The number of esters is 1. The smallest absolute Gasteiger partial charge is 0.459 e. The van der Waals surface area contributed by atoms with Crippen LogP contribution in [0.25, 0.3) is 0 Å². The average Bonchev–Trinajstić information content (AvgIpc) is 3.39. The Morgan fingerprint density at radius 3 is 2.67 bits per heavy atom. The topological polar surface area (TPSA) is 147 Å². The maximum Gasteiger partial charge on any atom is 0.459 e. The Kier molecular flexibility index (Phi) is 9.39. The summed E-state index contributed by atoms with van der Waals surface area (Å²) in [5.41, 5.74) is -0.0762. The largest absolute Gasteiger partial charge is 0.460 e. The highest BCUT2D eigenvalue weighted by atomic mass is 35.5. The molecule has 1 unspecified atom stereocenters. The second-order valence-electron chi connectivity index (χ2n) is 8.59. The number of rotatable bonds is 11. The van der Waals surface area contributed by atoms with Gasteiger partial charge in [-0.1, -0.05) is 54.1 Å². The van der Waals surface area contributed by atoms with Crippen molar-refractivity contribution in [2.75, 3.05) is 13.2 Å². The molecule has 2 aromatic carbocycles. The van der Waals surface area contributed by atoms with E-state index in [1.54, 1.807) is 31.2 Å². The van der Waals surface area contributed by atoms with Crippen LogP contribution < -0.4 is 20.9 Å². The fourth-order valence-electron chi connectivity index (χ4n) is 3.52. The van der Waals surface area contributed by atoms with Crippen LogP contribution >= 0.6 is 19.3 Å². The number of para-hydroxylation sites is 1. The molecule has 0 spiro atoms. The van der Waals surface area contributed by atoms with Crippen molar-refractivity contribution in [2.24, 2.45) is 0 Å². The molecular weight excluding hydrogens is 553 g/mol. The van der Waals surface area contributed by atoms with E-state index >= 15 is 0 Å². The number of benzene rings is 2. The normalized spacial score (nSPS) is 19.3. The lowest BCUT2D eigenvalue weighted by molar-refractivity contribution is -0.146. The highest BCUT2D eigenvalue weighted by Gasteiger charge is 2.36. The maximum absolute atomic E-state index is 13.7. The van der Waals surface area contributed by atoms with Gasteiger partial charge in [0.25, 0.3) is 5.56 Å². The van der Waals surface area contributed by atoms with Crippen molar-refractivity contribution in [3.8, 4) is 5.75 Å². The molecule has 14 heteroatoms. The van der Waals surface area contributed by atoms with Crippen molar-refractivity contribution >= 4 is 25.3 Å². The average molecular weight is 580 g/mol. The molecule has 0 amide bonds. The molecule has 0 aliphatic carbocycles. The summed E-state index contributed by atoms with van der Waals surface area (Å²) in [7, 11) is -4.25. The van der Waals surface area contributed by atoms with E-state index in [1.165, 1.54) is 29.8 Å².